The maximum Gasteiger partial charge on any atom is 0.307 e. The van der Waals surface area contributed by atoms with Gasteiger partial charge in [-0.15, -0.1) is 10.2 Å². The van der Waals surface area contributed by atoms with E-state index in [4.69, 9.17) is 4.74 Å². The number of nitrogens with zero attached hydrogens (tertiary/aromatic N) is 3. The fourth-order valence-electron chi connectivity index (χ4n) is 2.52. The van der Waals surface area contributed by atoms with Crippen LogP contribution in [0.1, 0.15) is 36.2 Å². The number of nitrogens with one attached hydrogen (secondary N) is 1. The van der Waals surface area contributed by atoms with Gasteiger partial charge in [-0.05, 0) is 31.4 Å². The van der Waals surface area contributed by atoms with Gasteiger partial charge in [-0.1, -0.05) is 0 Å². The van der Waals surface area contributed by atoms with Crippen molar-refractivity contribution in [3.63, 3.8) is 0 Å². The number of carbonyl (C=O) groups is 2. The average molecular weight is 292 g/mol. The number of piperidine rings is 1. The van der Waals surface area contributed by atoms with Gasteiger partial charge in [0.1, 0.15) is 0 Å². The van der Waals surface area contributed by atoms with Crippen molar-refractivity contribution >= 4 is 17.7 Å². The lowest BCUT2D eigenvalue weighted by Gasteiger charge is -2.35. The molecule has 0 saturated carbocycles. The van der Waals surface area contributed by atoms with Crippen LogP contribution in [0, 0.1) is 0 Å². The highest BCUT2D eigenvalue weighted by Gasteiger charge is 2.26. The topological polar surface area (TPSA) is 84.4 Å². The summed E-state index contributed by atoms with van der Waals surface area (Å²) in [7, 11) is 2.95. The summed E-state index contributed by atoms with van der Waals surface area (Å²) in [5.41, 5.74) is 0.280. The van der Waals surface area contributed by atoms with Gasteiger partial charge >= 0.3 is 5.97 Å². The molecule has 1 saturated heterocycles. The van der Waals surface area contributed by atoms with Gasteiger partial charge in [0, 0.05) is 19.6 Å². The number of amides is 1. The molecule has 7 nitrogen and oxygen atoms in total. The molecule has 2 rings (SSSR count). The minimum Gasteiger partial charge on any atom is -0.469 e. The van der Waals surface area contributed by atoms with Crippen molar-refractivity contribution in [2.24, 2.45) is 0 Å². The summed E-state index contributed by atoms with van der Waals surface area (Å²) in [6.45, 7) is 0.829. The van der Waals surface area contributed by atoms with Crippen LogP contribution in [0.3, 0.4) is 0 Å². The summed E-state index contributed by atoms with van der Waals surface area (Å²) in [6, 6.07) is 3.49. The summed E-state index contributed by atoms with van der Waals surface area (Å²) in [6.07, 6.45) is 3.40. The zero-order valence-corrected chi connectivity index (χ0v) is 12.3. The molecule has 1 aromatic heterocycles. The molecule has 21 heavy (non-hydrogen) atoms. The van der Waals surface area contributed by atoms with E-state index in [1.165, 1.54) is 7.11 Å². The van der Waals surface area contributed by atoms with E-state index in [-0.39, 0.29) is 23.6 Å². The molecule has 1 aliphatic rings. The van der Waals surface area contributed by atoms with Crippen LogP contribution in [0.4, 0.5) is 5.82 Å². The van der Waals surface area contributed by atoms with E-state index < -0.39 is 0 Å². The maximum atomic E-state index is 11.5. The van der Waals surface area contributed by atoms with Gasteiger partial charge in [0.25, 0.3) is 5.91 Å². The standard InChI is InChI=1S/C14H20N4O3/c1-15-14(20)11-6-7-12(17-16-11)18-8-4-3-5-10(18)9-13(19)21-2/h6-7,10H,3-5,8-9H2,1-2H3,(H,15,20). The van der Waals surface area contributed by atoms with Gasteiger partial charge in [0.15, 0.2) is 11.5 Å². The lowest BCUT2D eigenvalue weighted by atomic mass is 9.99. The van der Waals surface area contributed by atoms with Gasteiger partial charge in [-0.3, -0.25) is 9.59 Å². The second kappa shape index (κ2) is 7.01. The van der Waals surface area contributed by atoms with E-state index in [9.17, 15) is 9.59 Å². The van der Waals surface area contributed by atoms with Crippen LogP contribution in [0.25, 0.3) is 0 Å². The minimum atomic E-state index is -0.265. The summed E-state index contributed by atoms with van der Waals surface area (Å²) < 4.78 is 4.75. The lowest BCUT2D eigenvalue weighted by Crippen LogP contribution is -2.41. The normalized spacial score (nSPS) is 18.2. The summed E-state index contributed by atoms with van der Waals surface area (Å²) >= 11 is 0. The maximum absolute atomic E-state index is 11.5. The SMILES string of the molecule is CNC(=O)c1ccc(N2CCCCC2CC(=O)OC)nn1. The molecule has 1 amide bonds. The van der Waals surface area contributed by atoms with Gasteiger partial charge in [0.2, 0.25) is 0 Å². The highest BCUT2D eigenvalue weighted by atomic mass is 16.5. The summed E-state index contributed by atoms with van der Waals surface area (Å²) in [5, 5.41) is 10.6. The van der Waals surface area contributed by atoms with Crippen molar-refractivity contribution in [3.8, 4) is 0 Å². The van der Waals surface area contributed by atoms with Crippen LogP contribution in [-0.4, -0.2) is 48.8 Å². The zero-order valence-electron chi connectivity index (χ0n) is 12.3. The number of hydrogen-bond donors (Lipinski definition) is 1. The summed E-state index contributed by atoms with van der Waals surface area (Å²) in [4.78, 5) is 25.0. The van der Waals surface area contributed by atoms with E-state index >= 15 is 0 Å². The second-order valence-corrected chi connectivity index (χ2v) is 4.98. The molecule has 0 aromatic carbocycles. The predicted octanol–water partition coefficient (Wildman–Crippen LogP) is 0.758. The highest BCUT2D eigenvalue weighted by molar-refractivity contribution is 5.91. The molecule has 1 fully saturated rings. The van der Waals surface area contributed by atoms with Gasteiger partial charge in [-0.25, -0.2) is 0 Å². The molecule has 114 valence electrons. The predicted molar refractivity (Wildman–Crippen MR) is 77.0 cm³/mol. The quantitative estimate of drug-likeness (QED) is 0.825. The molecule has 1 aliphatic heterocycles. The van der Waals surface area contributed by atoms with E-state index in [1.54, 1.807) is 19.2 Å². The Kier molecular flexibility index (Phi) is 5.08. The van der Waals surface area contributed by atoms with Crippen molar-refractivity contribution in [2.45, 2.75) is 31.7 Å². The van der Waals surface area contributed by atoms with Crippen LogP contribution in [0.2, 0.25) is 0 Å². The molecule has 0 bridgehead atoms. The fourth-order valence-corrected chi connectivity index (χ4v) is 2.52. The van der Waals surface area contributed by atoms with Crippen LogP contribution < -0.4 is 10.2 Å². The number of rotatable bonds is 4. The third-order valence-corrected chi connectivity index (χ3v) is 3.66. The lowest BCUT2D eigenvalue weighted by molar-refractivity contribution is -0.141. The molecule has 1 N–H and O–H groups in total. The summed E-state index contributed by atoms with van der Waals surface area (Å²) in [5.74, 6) is 0.205. The third-order valence-electron chi connectivity index (χ3n) is 3.66. The third kappa shape index (κ3) is 3.68. The molecular formula is C14H20N4O3. The second-order valence-electron chi connectivity index (χ2n) is 4.98. The van der Waals surface area contributed by atoms with Crippen LogP contribution in [-0.2, 0) is 9.53 Å². The number of ether oxygens (including phenoxy) is 1. The van der Waals surface area contributed by atoms with Crippen molar-refractivity contribution in [2.75, 3.05) is 25.6 Å². The molecular weight excluding hydrogens is 272 g/mol. The Morgan fingerprint density at radius 1 is 1.38 bits per heavy atom. The highest BCUT2D eigenvalue weighted by Crippen LogP contribution is 2.24. The number of esters is 1. The van der Waals surface area contributed by atoms with Crippen LogP contribution in [0.5, 0.6) is 0 Å². The Morgan fingerprint density at radius 3 is 2.81 bits per heavy atom. The number of aromatic nitrogens is 2. The molecule has 1 unspecified atom stereocenters. The average Bonchev–Trinajstić information content (AvgIpc) is 2.54. The van der Waals surface area contributed by atoms with E-state index in [1.807, 2.05) is 0 Å². The van der Waals surface area contributed by atoms with Crippen molar-refractivity contribution in [1.82, 2.24) is 15.5 Å². The number of hydrogen-bond acceptors (Lipinski definition) is 6. The Labute approximate surface area is 123 Å². The van der Waals surface area contributed by atoms with Crippen LogP contribution in [0.15, 0.2) is 12.1 Å². The first-order valence-corrected chi connectivity index (χ1v) is 7.05. The van der Waals surface area contributed by atoms with Crippen molar-refractivity contribution in [3.05, 3.63) is 17.8 Å². The molecule has 2 heterocycles. The van der Waals surface area contributed by atoms with Gasteiger partial charge in [-0.2, -0.15) is 0 Å². The van der Waals surface area contributed by atoms with E-state index in [2.05, 4.69) is 20.4 Å². The van der Waals surface area contributed by atoms with E-state index in [0.717, 1.165) is 25.8 Å². The Bertz CT molecular complexity index is 503. The monoisotopic (exact) mass is 292 g/mol. The minimum absolute atomic E-state index is 0.0753. The Morgan fingerprint density at radius 2 is 2.19 bits per heavy atom. The number of methoxy groups -OCH3 is 1. The number of anilines is 1. The Balaban J connectivity index is 2.13. The zero-order chi connectivity index (χ0) is 15.2. The largest absolute Gasteiger partial charge is 0.469 e. The number of carbonyl (C=O) groups excluding carboxylic acids is 2. The van der Waals surface area contributed by atoms with Gasteiger partial charge in [0.05, 0.1) is 13.5 Å². The van der Waals surface area contributed by atoms with Crippen molar-refractivity contribution < 1.29 is 14.3 Å². The molecule has 7 heteroatoms. The fraction of sp³-hybridized carbons (Fsp3) is 0.571. The first-order chi connectivity index (χ1) is 10.2. The molecule has 0 spiro atoms. The molecule has 1 aromatic rings. The van der Waals surface area contributed by atoms with Crippen molar-refractivity contribution in [1.29, 1.82) is 0 Å². The first kappa shape index (κ1) is 15.2. The van der Waals surface area contributed by atoms with Gasteiger partial charge < -0.3 is 15.0 Å². The molecule has 0 aliphatic carbocycles. The molecule has 0 radical (unpaired) electrons. The van der Waals surface area contributed by atoms with Crippen LogP contribution >= 0.6 is 0 Å². The smallest absolute Gasteiger partial charge is 0.307 e. The molecule has 1 atom stereocenters. The Hall–Kier alpha value is -2.18. The van der Waals surface area contributed by atoms with E-state index in [0.29, 0.717) is 12.2 Å². The first-order valence-electron chi connectivity index (χ1n) is 7.05.